The van der Waals surface area contributed by atoms with Crippen LogP contribution in [0.3, 0.4) is 0 Å². The molecule has 1 fully saturated rings. The number of nitrogens with one attached hydrogen (secondary N) is 1. The summed E-state index contributed by atoms with van der Waals surface area (Å²) in [6.45, 7) is 1.97. The molecule has 1 aromatic heterocycles. The molecule has 0 aliphatic carbocycles. The zero-order valence-electron chi connectivity index (χ0n) is 13.2. The number of aromatic nitrogens is 3. The molecule has 1 aliphatic rings. The molecule has 2 heterocycles. The number of benzene rings is 2. The van der Waals surface area contributed by atoms with Crippen molar-refractivity contribution in [2.24, 2.45) is 0 Å². The second-order valence-corrected chi connectivity index (χ2v) is 6.02. The SMILES string of the molecule is COc1ccc2cc(-c3cnnn3CC3CCCN3)ccc2c1. The summed E-state index contributed by atoms with van der Waals surface area (Å²) in [7, 11) is 1.69. The van der Waals surface area contributed by atoms with Crippen molar-refractivity contribution in [1.29, 1.82) is 0 Å². The maximum atomic E-state index is 5.29. The fourth-order valence-electron chi connectivity index (χ4n) is 3.25. The van der Waals surface area contributed by atoms with E-state index in [0.29, 0.717) is 6.04 Å². The number of ether oxygens (including phenoxy) is 1. The van der Waals surface area contributed by atoms with E-state index in [0.717, 1.165) is 30.1 Å². The predicted octanol–water partition coefficient (Wildman–Crippen LogP) is 2.86. The van der Waals surface area contributed by atoms with Crippen molar-refractivity contribution in [3.05, 3.63) is 42.6 Å². The number of rotatable bonds is 4. The molecule has 0 amide bonds. The van der Waals surface area contributed by atoms with Crippen molar-refractivity contribution >= 4 is 10.8 Å². The van der Waals surface area contributed by atoms with Crippen molar-refractivity contribution < 1.29 is 4.74 Å². The minimum absolute atomic E-state index is 0.500. The van der Waals surface area contributed by atoms with Crippen molar-refractivity contribution in [2.75, 3.05) is 13.7 Å². The first kappa shape index (κ1) is 14.2. The van der Waals surface area contributed by atoms with Gasteiger partial charge in [-0.2, -0.15) is 0 Å². The Kier molecular flexibility index (Phi) is 3.71. The lowest BCUT2D eigenvalue weighted by atomic mass is 10.0. The van der Waals surface area contributed by atoms with Crippen LogP contribution in [0.2, 0.25) is 0 Å². The molecular formula is C18H20N4O. The maximum Gasteiger partial charge on any atom is 0.119 e. The second kappa shape index (κ2) is 6.01. The first-order valence-electron chi connectivity index (χ1n) is 8.03. The van der Waals surface area contributed by atoms with Gasteiger partial charge in [-0.1, -0.05) is 23.4 Å². The van der Waals surface area contributed by atoms with E-state index in [1.165, 1.54) is 23.6 Å². The standard InChI is InChI=1S/C18H20N4O/c1-23-17-7-6-13-9-15(5-4-14(13)10-17)18-11-20-21-22(18)12-16-3-2-8-19-16/h4-7,9-11,16,19H,2-3,8,12H2,1H3. The fourth-order valence-corrected chi connectivity index (χ4v) is 3.25. The molecule has 1 N–H and O–H groups in total. The van der Waals surface area contributed by atoms with Gasteiger partial charge in [-0.25, -0.2) is 4.68 Å². The normalized spacial score (nSPS) is 17.7. The molecule has 3 aromatic rings. The lowest BCUT2D eigenvalue weighted by Gasteiger charge is -2.12. The summed E-state index contributed by atoms with van der Waals surface area (Å²) in [6, 6.07) is 13.1. The van der Waals surface area contributed by atoms with Crippen LogP contribution in [0.4, 0.5) is 0 Å². The van der Waals surface area contributed by atoms with Gasteiger partial charge in [0.1, 0.15) is 5.75 Å². The highest BCUT2D eigenvalue weighted by Gasteiger charge is 2.17. The summed E-state index contributed by atoms with van der Waals surface area (Å²) in [6.07, 6.45) is 4.29. The highest BCUT2D eigenvalue weighted by Crippen LogP contribution is 2.27. The third-order valence-corrected chi connectivity index (χ3v) is 4.52. The van der Waals surface area contributed by atoms with Crippen LogP contribution in [-0.4, -0.2) is 34.7 Å². The highest BCUT2D eigenvalue weighted by atomic mass is 16.5. The van der Waals surface area contributed by atoms with E-state index in [2.05, 4.69) is 46.0 Å². The van der Waals surface area contributed by atoms with Gasteiger partial charge in [0, 0.05) is 11.6 Å². The third kappa shape index (κ3) is 2.80. The molecule has 4 rings (SSSR count). The molecule has 0 spiro atoms. The number of hydrogen-bond acceptors (Lipinski definition) is 4. The van der Waals surface area contributed by atoms with Crippen LogP contribution in [0.5, 0.6) is 5.75 Å². The monoisotopic (exact) mass is 308 g/mol. The van der Waals surface area contributed by atoms with Gasteiger partial charge in [-0.05, 0) is 48.4 Å². The van der Waals surface area contributed by atoms with Gasteiger partial charge in [-0.15, -0.1) is 5.10 Å². The zero-order chi connectivity index (χ0) is 15.6. The third-order valence-electron chi connectivity index (χ3n) is 4.52. The molecule has 23 heavy (non-hydrogen) atoms. The van der Waals surface area contributed by atoms with Crippen LogP contribution >= 0.6 is 0 Å². The van der Waals surface area contributed by atoms with E-state index < -0.39 is 0 Å². The van der Waals surface area contributed by atoms with Crippen LogP contribution in [0.15, 0.2) is 42.6 Å². The molecule has 5 nitrogen and oxygen atoms in total. The molecule has 1 saturated heterocycles. The molecule has 0 bridgehead atoms. The molecule has 1 unspecified atom stereocenters. The summed E-state index contributed by atoms with van der Waals surface area (Å²) < 4.78 is 7.29. The van der Waals surface area contributed by atoms with Gasteiger partial charge in [0.05, 0.1) is 25.5 Å². The lowest BCUT2D eigenvalue weighted by molar-refractivity contribution is 0.415. The van der Waals surface area contributed by atoms with Gasteiger partial charge < -0.3 is 10.1 Å². The number of fused-ring (bicyclic) bond motifs is 1. The first-order chi connectivity index (χ1) is 11.3. The summed E-state index contributed by atoms with van der Waals surface area (Å²) in [4.78, 5) is 0. The predicted molar refractivity (Wildman–Crippen MR) is 90.5 cm³/mol. The van der Waals surface area contributed by atoms with Crippen molar-refractivity contribution in [3.63, 3.8) is 0 Å². The van der Waals surface area contributed by atoms with E-state index >= 15 is 0 Å². The van der Waals surface area contributed by atoms with E-state index in [9.17, 15) is 0 Å². The minimum Gasteiger partial charge on any atom is -0.497 e. The molecule has 1 aliphatic heterocycles. The van der Waals surface area contributed by atoms with Gasteiger partial charge in [0.25, 0.3) is 0 Å². The van der Waals surface area contributed by atoms with Crippen molar-refractivity contribution in [2.45, 2.75) is 25.4 Å². The second-order valence-electron chi connectivity index (χ2n) is 6.02. The molecule has 0 saturated carbocycles. The Balaban J connectivity index is 1.67. The highest BCUT2D eigenvalue weighted by molar-refractivity contribution is 5.87. The average molecular weight is 308 g/mol. The maximum absolute atomic E-state index is 5.29. The first-order valence-corrected chi connectivity index (χ1v) is 8.03. The molecular weight excluding hydrogens is 288 g/mol. The Bertz CT molecular complexity index is 821. The van der Waals surface area contributed by atoms with Crippen molar-refractivity contribution in [3.8, 4) is 17.0 Å². The van der Waals surface area contributed by atoms with Crippen molar-refractivity contribution in [1.82, 2.24) is 20.3 Å². The lowest BCUT2D eigenvalue weighted by Crippen LogP contribution is -2.27. The Morgan fingerprint density at radius 3 is 2.91 bits per heavy atom. The minimum atomic E-state index is 0.500. The average Bonchev–Trinajstić information content (AvgIpc) is 3.26. The van der Waals surface area contributed by atoms with Crippen LogP contribution < -0.4 is 10.1 Å². The van der Waals surface area contributed by atoms with Crippen LogP contribution in [0.1, 0.15) is 12.8 Å². The van der Waals surface area contributed by atoms with E-state index in [4.69, 9.17) is 4.74 Å². The Labute approximate surface area is 135 Å². The van der Waals surface area contributed by atoms with E-state index in [-0.39, 0.29) is 0 Å². The summed E-state index contributed by atoms with van der Waals surface area (Å²) in [5.74, 6) is 0.879. The van der Waals surface area contributed by atoms with Gasteiger partial charge >= 0.3 is 0 Å². The smallest absolute Gasteiger partial charge is 0.119 e. The molecule has 0 radical (unpaired) electrons. The Hall–Kier alpha value is -2.40. The zero-order valence-corrected chi connectivity index (χ0v) is 13.2. The molecule has 118 valence electrons. The largest absolute Gasteiger partial charge is 0.497 e. The Morgan fingerprint density at radius 2 is 2.09 bits per heavy atom. The Morgan fingerprint density at radius 1 is 1.22 bits per heavy atom. The summed E-state index contributed by atoms with van der Waals surface area (Å²) in [5, 5.41) is 14.3. The summed E-state index contributed by atoms with van der Waals surface area (Å²) >= 11 is 0. The topological polar surface area (TPSA) is 52.0 Å². The van der Waals surface area contributed by atoms with Crippen LogP contribution in [0.25, 0.3) is 22.0 Å². The van der Waals surface area contributed by atoms with Crippen LogP contribution in [-0.2, 0) is 6.54 Å². The fraction of sp³-hybridized carbons (Fsp3) is 0.333. The molecule has 5 heteroatoms. The van der Waals surface area contributed by atoms with Crippen LogP contribution in [0, 0.1) is 0 Å². The number of nitrogens with zero attached hydrogens (tertiary/aromatic N) is 3. The molecule has 2 aromatic carbocycles. The quantitative estimate of drug-likeness (QED) is 0.805. The molecule has 1 atom stereocenters. The van der Waals surface area contributed by atoms with Gasteiger partial charge in [0.2, 0.25) is 0 Å². The van der Waals surface area contributed by atoms with Gasteiger partial charge in [0.15, 0.2) is 0 Å². The summed E-state index contributed by atoms with van der Waals surface area (Å²) in [5.41, 5.74) is 2.21. The van der Waals surface area contributed by atoms with E-state index in [1.807, 2.05) is 16.9 Å². The van der Waals surface area contributed by atoms with Gasteiger partial charge in [-0.3, -0.25) is 0 Å². The van der Waals surface area contributed by atoms with E-state index in [1.54, 1.807) is 7.11 Å². The number of hydrogen-bond donors (Lipinski definition) is 1. The number of methoxy groups -OCH3 is 1.